The zero-order chi connectivity index (χ0) is 13.7. The average Bonchev–Trinajstić information content (AvgIpc) is 2.83. The van der Waals surface area contributed by atoms with Gasteiger partial charge in [-0.05, 0) is 18.9 Å². The second kappa shape index (κ2) is 6.17. The van der Waals surface area contributed by atoms with Gasteiger partial charge in [-0.1, -0.05) is 29.8 Å². The number of hydrogen-bond acceptors (Lipinski definition) is 3. The molecule has 1 amide bonds. The SMILES string of the molecule is Cc1ccc(CCC(=O)NCC2(O)CCOC2)cc1. The van der Waals surface area contributed by atoms with E-state index in [4.69, 9.17) is 4.74 Å². The Labute approximate surface area is 113 Å². The van der Waals surface area contributed by atoms with Crippen LogP contribution in [0.15, 0.2) is 24.3 Å². The van der Waals surface area contributed by atoms with Crippen LogP contribution in [-0.4, -0.2) is 36.4 Å². The first-order chi connectivity index (χ1) is 9.07. The van der Waals surface area contributed by atoms with Crippen molar-refractivity contribution in [2.75, 3.05) is 19.8 Å². The normalized spacial score (nSPS) is 22.4. The van der Waals surface area contributed by atoms with Crippen molar-refractivity contribution in [1.29, 1.82) is 0 Å². The van der Waals surface area contributed by atoms with Crippen LogP contribution in [-0.2, 0) is 16.0 Å². The molecule has 0 radical (unpaired) electrons. The first-order valence-electron chi connectivity index (χ1n) is 6.70. The molecule has 1 saturated heterocycles. The van der Waals surface area contributed by atoms with E-state index in [-0.39, 0.29) is 12.5 Å². The number of aliphatic hydroxyl groups is 1. The smallest absolute Gasteiger partial charge is 0.220 e. The van der Waals surface area contributed by atoms with Crippen molar-refractivity contribution in [1.82, 2.24) is 5.32 Å². The van der Waals surface area contributed by atoms with E-state index in [0.717, 1.165) is 12.0 Å². The summed E-state index contributed by atoms with van der Waals surface area (Å²) < 4.78 is 5.13. The summed E-state index contributed by atoms with van der Waals surface area (Å²) in [5, 5.41) is 12.8. The molecule has 0 aliphatic carbocycles. The standard InChI is InChI=1S/C15H21NO3/c1-12-2-4-13(5-3-12)6-7-14(17)16-10-15(18)8-9-19-11-15/h2-5,18H,6-11H2,1H3,(H,16,17). The summed E-state index contributed by atoms with van der Waals surface area (Å²) in [6, 6.07) is 8.18. The van der Waals surface area contributed by atoms with Crippen molar-refractivity contribution in [2.24, 2.45) is 0 Å². The van der Waals surface area contributed by atoms with E-state index in [0.29, 0.717) is 26.1 Å². The van der Waals surface area contributed by atoms with E-state index in [1.54, 1.807) is 0 Å². The molecule has 2 rings (SSSR count). The Kier molecular flexibility index (Phi) is 4.56. The minimum atomic E-state index is -0.875. The number of ether oxygens (including phenoxy) is 1. The molecule has 0 spiro atoms. The summed E-state index contributed by atoms with van der Waals surface area (Å²) in [4.78, 5) is 11.7. The van der Waals surface area contributed by atoms with Crippen molar-refractivity contribution in [3.8, 4) is 0 Å². The Bertz CT molecular complexity index is 422. The number of carbonyl (C=O) groups is 1. The third-order valence-corrected chi connectivity index (χ3v) is 3.46. The van der Waals surface area contributed by atoms with Crippen LogP contribution >= 0.6 is 0 Å². The second-order valence-corrected chi connectivity index (χ2v) is 5.29. The largest absolute Gasteiger partial charge is 0.386 e. The maximum absolute atomic E-state index is 11.7. The topological polar surface area (TPSA) is 58.6 Å². The van der Waals surface area contributed by atoms with E-state index in [2.05, 4.69) is 5.32 Å². The number of benzene rings is 1. The summed E-state index contributed by atoms with van der Waals surface area (Å²) in [7, 11) is 0. The highest BCUT2D eigenvalue weighted by atomic mass is 16.5. The lowest BCUT2D eigenvalue weighted by Gasteiger charge is -2.20. The first-order valence-corrected chi connectivity index (χ1v) is 6.70. The van der Waals surface area contributed by atoms with Gasteiger partial charge in [0.05, 0.1) is 6.61 Å². The lowest BCUT2D eigenvalue weighted by molar-refractivity contribution is -0.122. The van der Waals surface area contributed by atoms with Gasteiger partial charge in [0.2, 0.25) is 5.91 Å². The zero-order valence-corrected chi connectivity index (χ0v) is 11.3. The first kappa shape index (κ1) is 14.0. The number of rotatable bonds is 5. The summed E-state index contributed by atoms with van der Waals surface area (Å²) in [5.74, 6) is -0.0269. The molecule has 104 valence electrons. The summed E-state index contributed by atoms with van der Waals surface area (Å²) in [5.41, 5.74) is 1.50. The lowest BCUT2D eigenvalue weighted by Crippen LogP contribution is -2.43. The Morgan fingerprint density at radius 3 is 2.79 bits per heavy atom. The molecular formula is C15H21NO3. The van der Waals surface area contributed by atoms with Gasteiger partial charge in [0.15, 0.2) is 0 Å². The van der Waals surface area contributed by atoms with E-state index >= 15 is 0 Å². The van der Waals surface area contributed by atoms with Crippen LogP contribution in [0, 0.1) is 6.92 Å². The monoisotopic (exact) mass is 263 g/mol. The van der Waals surface area contributed by atoms with Crippen LogP contribution in [0.5, 0.6) is 0 Å². The maximum Gasteiger partial charge on any atom is 0.220 e. The molecule has 1 aliphatic rings. The van der Waals surface area contributed by atoms with Crippen molar-refractivity contribution in [3.05, 3.63) is 35.4 Å². The van der Waals surface area contributed by atoms with Crippen molar-refractivity contribution in [2.45, 2.75) is 31.8 Å². The Balaban J connectivity index is 1.71. The Morgan fingerprint density at radius 1 is 1.42 bits per heavy atom. The third-order valence-electron chi connectivity index (χ3n) is 3.46. The fourth-order valence-electron chi connectivity index (χ4n) is 2.10. The van der Waals surface area contributed by atoms with Gasteiger partial charge in [-0.15, -0.1) is 0 Å². The van der Waals surface area contributed by atoms with Gasteiger partial charge in [0.25, 0.3) is 0 Å². The molecule has 1 fully saturated rings. The van der Waals surface area contributed by atoms with Crippen molar-refractivity contribution in [3.63, 3.8) is 0 Å². The van der Waals surface area contributed by atoms with Crippen molar-refractivity contribution >= 4 is 5.91 Å². The number of carbonyl (C=O) groups excluding carboxylic acids is 1. The molecule has 1 aliphatic heterocycles. The maximum atomic E-state index is 11.7. The quantitative estimate of drug-likeness (QED) is 0.839. The van der Waals surface area contributed by atoms with Gasteiger partial charge < -0.3 is 15.2 Å². The van der Waals surface area contributed by atoms with Gasteiger partial charge in [-0.2, -0.15) is 0 Å². The molecule has 1 atom stereocenters. The summed E-state index contributed by atoms with van der Waals surface area (Å²) >= 11 is 0. The molecule has 2 N–H and O–H groups in total. The molecule has 19 heavy (non-hydrogen) atoms. The molecular weight excluding hydrogens is 242 g/mol. The van der Waals surface area contributed by atoms with Crippen LogP contribution in [0.3, 0.4) is 0 Å². The zero-order valence-electron chi connectivity index (χ0n) is 11.3. The van der Waals surface area contributed by atoms with Gasteiger partial charge in [0.1, 0.15) is 5.60 Å². The van der Waals surface area contributed by atoms with Crippen molar-refractivity contribution < 1.29 is 14.6 Å². The van der Waals surface area contributed by atoms with E-state index in [1.165, 1.54) is 5.56 Å². The minimum absolute atomic E-state index is 0.0269. The average molecular weight is 263 g/mol. The van der Waals surface area contributed by atoms with E-state index < -0.39 is 5.60 Å². The molecule has 0 aromatic heterocycles. The molecule has 0 bridgehead atoms. The van der Waals surface area contributed by atoms with Crippen LogP contribution in [0.4, 0.5) is 0 Å². The fraction of sp³-hybridized carbons (Fsp3) is 0.533. The Morgan fingerprint density at radius 2 is 2.16 bits per heavy atom. The predicted octanol–water partition coefficient (Wildman–Crippen LogP) is 1.20. The molecule has 1 aromatic rings. The third kappa shape index (κ3) is 4.33. The number of amides is 1. The van der Waals surface area contributed by atoms with Crippen LogP contribution in [0.25, 0.3) is 0 Å². The van der Waals surface area contributed by atoms with Gasteiger partial charge in [0, 0.05) is 26.0 Å². The van der Waals surface area contributed by atoms with E-state index in [9.17, 15) is 9.90 Å². The molecule has 4 nitrogen and oxygen atoms in total. The molecule has 1 unspecified atom stereocenters. The van der Waals surface area contributed by atoms with Gasteiger partial charge >= 0.3 is 0 Å². The summed E-state index contributed by atoms with van der Waals surface area (Å²) in [6.45, 7) is 3.20. The molecule has 1 heterocycles. The van der Waals surface area contributed by atoms with E-state index in [1.807, 2.05) is 31.2 Å². The molecule has 4 heteroatoms. The highest BCUT2D eigenvalue weighted by Crippen LogP contribution is 2.16. The number of hydrogen-bond donors (Lipinski definition) is 2. The number of aryl methyl sites for hydroxylation is 2. The van der Waals surface area contributed by atoms with Crippen LogP contribution in [0.2, 0.25) is 0 Å². The van der Waals surface area contributed by atoms with Gasteiger partial charge in [-0.3, -0.25) is 4.79 Å². The number of nitrogens with one attached hydrogen (secondary N) is 1. The van der Waals surface area contributed by atoms with Gasteiger partial charge in [-0.25, -0.2) is 0 Å². The Hall–Kier alpha value is -1.39. The highest BCUT2D eigenvalue weighted by molar-refractivity contribution is 5.76. The molecule has 0 saturated carbocycles. The molecule has 1 aromatic carbocycles. The minimum Gasteiger partial charge on any atom is -0.386 e. The highest BCUT2D eigenvalue weighted by Gasteiger charge is 2.32. The predicted molar refractivity (Wildman–Crippen MR) is 72.9 cm³/mol. The fourth-order valence-corrected chi connectivity index (χ4v) is 2.10. The summed E-state index contributed by atoms with van der Waals surface area (Å²) in [6.07, 6.45) is 1.76. The second-order valence-electron chi connectivity index (χ2n) is 5.29. The van der Waals surface area contributed by atoms with Crippen LogP contribution < -0.4 is 5.32 Å². The lowest BCUT2D eigenvalue weighted by atomic mass is 10.0. The van der Waals surface area contributed by atoms with Crippen LogP contribution in [0.1, 0.15) is 24.0 Å².